The fourth-order valence-electron chi connectivity index (χ4n) is 10.9. The predicted molar refractivity (Wildman–Crippen MR) is 300 cm³/mol. The zero-order valence-corrected chi connectivity index (χ0v) is 45.7. The van der Waals surface area contributed by atoms with Gasteiger partial charge in [-0.25, -0.2) is 0 Å². The van der Waals surface area contributed by atoms with Crippen molar-refractivity contribution >= 4 is 17.9 Å². The van der Waals surface area contributed by atoms with Gasteiger partial charge in [0.1, 0.15) is 0 Å². The van der Waals surface area contributed by atoms with Gasteiger partial charge in [-0.15, -0.1) is 0 Å². The number of rotatable bonds is 43. The fraction of sp³-hybridized carbons (Fsp3) is 0.714. The fourth-order valence-corrected chi connectivity index (χ4v) is 13.3. The van der Waals surface area contributed by atoms with Crippen LogP contribution >= 0.6 is 7.28 Å². The van der Waals surface area contributed by atoms with E-state index in [1.165, 1.54) is 214 Å². The quantitative estimate of drug-likeness (QED) is 0.0391. The number of hydrogen-bond donors (Lipinski definition) is 3. The van der Waals surface area contributed by atoms with Gasteiger partial charge in [0, 0.05) is 0 Å². The summed E-state index contributed by atoms with van der Waals surface area (Å²) >= 11 is 0. The van der Waals surface area contributed by atoms with Crippen LogP contribution < -0.4 is 10.6 Å². The molecule has 0 saturated heterocycles. The molecule has 0 fully saturated rings. The average Bonchev–Trinajstić information content (AvgIpc) is 3.32. The van der Waals surface area contributed by atoms with Crippen LogP contribution in [0.2, 0.25) is 0 Å². The molecule has 0 aliphatic carbocycles. The van der Waals surface area contributed by atoms with E-state index in [-0.39, 0.29) is 0 Å². The normalized spacial score (nSPS) is 12.5. The van der Waals surface area contributed by atoms with Crippen LogP contribution in [0.3, 0.4) is 0 Å². The Balaban J connectivity index is 2.16. The third-order valence-electron chi connectivity index (χ3n) is 15.0. The van der Waals surface area contributed by atoms with E-state index >= 15 is 0 Å². The molecule has 0 radical (unpaired) electrons. The summed E-state index contributed by atoms with van der Waals surface area (Å²) < 4.78 is 0. The molecule has 0 spiro atoms. The summed E-state index contributed by atoms with van der Waals surface area (Å²) in [4.78, 5) is 39.6. The molecular weight excluding hydrogens is 836 g/mol. The van der Waals surface area contributed by atoms with E-state index in [1.54, 1.807) is 0 Å². The minimum absolute atomic E-state index is 0.409. The third kappa shape index (κ3) is 22.3. The average molecular weight is 944 g/mol. The van der Waals surface area contributed by atoms with E-state index < -0.39 is 7.28 Å². The van der Waals surface area contributed by atoms with Crippen molar-refractivity contribution < 1.29 is 14.7 Å². The van der Waals surface area contributed by atoms with Crippen LogP contribution in [0.15, 0.2) is 54.6 Å². The number of unbranched alkanes of at least 4 members (excludes halogenated alkanes) is 30. The van der Waals surface area contributed by atoms with Crippen molar-refractivity contribution in [2.24, 2.45) is 0 Å². The Bertz CT molecular complexity index is 1690. The van der Waals surface area contributed by atoms with Gasteiger partial charge in [0.15, 0.2) is 0 Å². The van der Waals surface area contributed by atoms with Crippen LogP contribution in [0.5, 0.6) is 0 Å². The van der Waals surface area contributed by atoms with Crippen LogP contribution in [0, 0.1) is 0 Å². The zero-order chi connectivity index (χ0) is 48.3. The molecule has 3 nitrogen and oxygen atoms in total. The molecule has 0 aliphatic heterocycles. The summed E-state index contributed by atoms with van der Waals surface area (Å²) in [5, 5.41) is 0.823. The van der Waals surface area contributed by atoms with Gasteiger partial charge in [-0.1, -0.05) is 19.8 Å². The summed E-state index contributed by atoms with van der Waals surface area (Å²) in [5.41, 5.74) is 8.42. The summed E-state index contributed by atoms with van der Waals surface area (Å²) in [6.07, 6.45) is 47.7. The zero-order valence-electron chi connectivity index (χ0n) is 44.8. The topological polar surface area (TPSA) is 60.7 Å². The van der Waals surface area contributed by atoms with Gasteiger partial charge in [-0.05, 0) is 0 Å². The van der Waals surface area contributed by atoms with Gasteiger partial charge in [0.25, 0.3) is 0 Å². The van der Waals surface area contributed by atoms with E-state index in [9.17, 15) is 14.7 Å². The van der Waals surface area contributed by atoms with Crippen molar-refractivity contribution in [2.45, 2.75) is 291 Å². The SMILES string of the molecule is CCCCCCCCCc1ccccc1-c1ccc(P(O)(O)(O)c2cccc(CCCCCCCCC)c2CCCCCCCCC)c(CCCCCCCCC)c1CCCCCCCCC. The van der Waals surface area contributed by atoms with Crippen molar-refractivity contribution in [3.05, 3.63) is 82.4 Å². The summed E-state index contributed by atoms with van der Waals surface area (Å²) in [5.74, 6) is 0. The molecule has 0 unspecified atom stereocenters. The van der Waals surface area contributed by atoms with Crippen LogP contribution in [0.1, 0.15) is 287 Å². The molecule has 4 heteroatoms. The maximum atomic E-state index is 13.2. The molecule has 0 saturated carbocycles. The Kier molecular flexibility index (Phi) is 31.8. The van der Waals surface area contributed by atoms with Gasteiger partial charge in [-0.2, -0.15) is 0 Å². The molecule has 382 valence electrons. The Morgan fingerprint density at radius 1 is 0.269 bits per heavy atom. The van der Waals surface area contributed by atoms with Crippen molar-refractivity contribution in [1.82, 2.24) is 0 Å². The molecule has 0 aromatic heterocycles. The monoisotopic (exact) mass is 943 g/mol. The Hall–Kier alpha value is -2.03. The number of aryl methyl sites for hydroxylation is 2. The van der Waals surface area contributed by atoms with E-state index in [4.69, 9.17) is 0 Å². The predicted octanol–water partition coefficient (Wildman–Crippen LogP) is 19.0. The molecule has 3 aromatic rings. The van der Waals surface area contributed by atoms with Gasteiger partial charge < -0.3 is 0 Å². The first-order valence-electron chi connectivity index (χ1n) is 29.3. The first-order valence-corrected chi connectivity index (χ1v) is 31.4. The second-order valence-electron chi connectivity index (χ2n) is 21.0. The van der Waals surface area contributed by atoms with Crippen molar-refractivity contribution in [1.29, 1.82) is 0 Å². The van der Waals surface area contributed by atoms with E-state index in [0.29, 0.717) is 10.6 Å². The van der Waals surface area contributed by atoms with Crippen LogP contribution in [0.25, 0.3) is 11.1 Å². The van der Waals surface area contributed by atoms with Crippen LogP contribution in [0.4, 0.5) is 0 Å². The van der Waals surface area contributed by atoms with Crippen molar-refractivity contribution in [2.75, 3.05) is 0 Å². The van der Waals surface area contributed by atoms with Gasteiger partial charge in [0.2, 0.25) is 0 Å². The molecule has 0 aliphatic rings. The Morgan fingerprint density at radius 2 is 0.597 bits per heavy atom. The maximum absolute atomic E-state index is 13.2. The summed E-state index contributed by atoms with van der Waals surface area (Å²) in [6, 6.07) is 19.3. The van der Waals surface area contributed by atoms with E-state index in [1.807, 2.05) is 18.2 Å². The molecule has 0 bridgehead atoms. The van der Waals surface area contributed by atoms with Crippen molar-refractivity contribution in [3.63, 3.8) is 0 Å². The Morgan fingerprint density at radius 3 is 1.04 bits per heavy atom. The second kappa shape index (κ2) is 36.0. The molecule has 0 heterocycles. The Labute approximate surface area is 415 Å². The summed E-state index contributed by atoms with van der Waals surface area (Å²) in [7, 11) is -5.62. The standard InChI is InChI=1S/C63H107O3P/c1-6-11-16-21-26-31-36-44-55-46-41-42-48-57(55)60-53-54-63(61(51-40-35-30-25-20-15-10-5)59(60)50-39-34-29-24-19-14-9-4)67(64,65,66)62-52-43-47-56(45-37-32-27-22-17-12-7-2)58(62)49-38-33-28-23-18-13-8-3/h41-43,46-48,52-54,64-66H,6-40,44-45,49-51H2,1-5H3. The molecular formula is C63H107O3P. The molecule has 67 heavy (non-hydrogen) atoms. The second-order valence-corrected chi connectivity index (χ2v) is 23.9. The number of hydrogen-bond acceptors (Lipinski definition) is 3. The molecule has 3 aromatic carbocycles. The molecule has 3 N–H and O–H groups in total. The van der Waals surface area contributed by atoms with E-state index in [2.05, 4.69) is 71.0 Å². The van der Waals surface area contributed by atoms with E-state index in [0.717, 1.165) is 81.8 Å². The number of benzene rings is 3. The first kappa shape index (κ1) is 59.3. The van der Waals surface area contributed by atoms with Gasteiger partial charge in [0.05, 0.1) is 0 Å². The first-order chi connectivity index (χ1) is 32.7. The van der Waals surface area contributed by atoms with Crippen LogP contribution in [-0.2, 0) is 32.1 Å². The van der Waals surface area contributed by atoms with Gasteiger partial charge in [-0.3, -0.25) is 0 Å². The minimum atomic E-state index is -5.62. The molecule has 3 rings (SSSR count). The molecule has 0 amide bonds. The molecule has 0 atom stereocenters. The van der Waals surface area contributed by atoms with Crippen molar-refractivity contribution in [3.8, 4) is 11.1 Å². The summed E-state index contributed by atoms with van der Waals surface area (Å²) in [6.45, 7) is 11.4. The van der Waals surface area contributed by atoms with Crippen LogP contribution in [-0.4, -0.2) is 14.7 Å². The third-order valence-corrected chi connectivity index (χ3v) is 17.7. The van der Waals surface area contributed by atoms with Gasteiger partial charge >= 0.3 is 398 Å².